The first-order valence-corrected chi connectivity index (χ1v) is 9.00. The van der Waals surface area contributed by atoms with Crippen LogP contribution in [0.1, 0.15) is 0 Å². The highest BCUT2D eigenvalue weighted by molar-refractivity contribution is 9.11. The molecule has 0 spiro atoms. The lowest BCUT2D eigenvalue weighted by molar-refractivity contribution is 1.40. The van der Waals surface area contributed by atoms with Crippen molar-refractivity contribution in [2.45, 2.75) is 0 Å². The number of hydrogen-bond donors (Lipinski definition) is 1. The number of pyridine rings is 2. The molecule has 0 bridgehead atoms. The van der Waals surface area contributed by atoms with Gasteiger partial charge < -0.3 is 5.73 Å². The molecule has 0 saturated carbocycles. The van der Waals surface area contributed by atoms with Crippen molar-refractivity contribution in [1.29, 1.82) is 0 Å². The molecule has 2 N–H and O–H groups in total. The minimum atomic E-state index is 0.724. The maximum atomic E-state index is 5.87. The first kappa shape index (κ1) is 17.1. The molecule has 24 heavy (non-hydrogen) atoms. The van der Waals surface area contributed by atoms with Crippen LogP contribution < -0.4 is 5.73 Å². The number of hydrogen-bond acceptors (Lipinski definition) is 3. The lowest BCUT2D eigenvalue weighted by atomic mass is 10.2. The summed E-state index contributed by atoms with van der Waals surface area (Å²) in [6, 6.07) is 15.3. The number of anilines is 1. The molecule has 0 radical (unpaired) electrons. The van der Waals surface area contributed by atoms with E-state index in [4.69, 9.17) is 17.3 Å². The van der Waals surface area contributed by atoms with Crippen LogP contribution in [0.15, 0.2) is 69.9 Å². The van der Waals surface area contributed by atoms with Gasteiger partial charge in [-0.1, -0.05) is 23.7 Å². The predicted octanol–water partition coefficient (Wildman–Crippen LogP) is 6.23. The summed E-state index contributed by atoms with van der Waals surface area (Å²) in [5.74, 6) is 0. The molecule has 0 unspecified atom stereocenters. The van der Waals surface area contributed by atoms with Crippen molar-refractivity contribution in [2.24, 2.45) is 0 Å². The van der Waals surface area contributed by atoms with E-state index in [0.717, 1.165) is 41.5 Å². The lowest BCUT2D eigenvalue weighted by Crippen LogP contribution is -1.86. The van der Waals surface area contributed by atoms with Crippen LogP contribution in [-0.2, 0) is 0 Å². The summed E-state index contributed by atoms with van der Waals surface area (Å²) in [6.07, 6.45) is 3.53. The van der Waals surface area contributed by atoms with Crippen LogP contribution >= 0.6 is 43.5 Å². The summed E-state index contributed by atoms with van der Waals surface area (Å²) in [4.78, 5) is 8.44. The van der Waals surface area contributed by atoms with E-state index in [0.29, 0.717) is 0 Å². The molecular formula is C18H12Br2ClN3. The molecule has 3 nitrogen and oxygen atoms in total. The molecule has 2 heterocycles. The Kier molecular flexibility index (Phi) is 5.33. The van der Waals surface area contributed by atoms with Gasteiger partial charge in [-0.2, -0.15) is 0 Å². The molecule has 6 heteroatoms. The molecule has 0 aliphatic heterocycles. The number of halogens is 3. The Balaban J connectivity index is 0.000000141. The van der Waals surface area contributed by atoms with Gasteiger partial charge in [0.2, 0.25) is 0 Å². The van der Waals surface area contributed by atoms with Crippen LogP contribution in [0, 0.1) is 0 Å². The molecule has 2 aromatic carbocycles. The fraction of sp³-hybridized carbons (Fsp3) is 0. The number of nitrogens with two attached hydrogens (primary N) is 1. The van der Waals surface area contributed by atoms with E-state index in [-0.39, 0.29) is 0 Å². The molecular weight excluding hydrogens is 453 g/mol. The zero-order valence-electron chi connectivity index (χ0n) is 12.4. The number of nitrogen functional groups attached to an aromatic ring is 1. The lowest BCUT2D eigenvalue weighted by Gasteiger charge is -2.00. The molecule has 0 aliphatic carbocycles. The molecule has 2 aromatic heterocycles. The zero-order chi connectivity index (χ0) is 17.1. The van der Waals surface area contributed by atoms with Crippen molar-refractivity contribution < 1.29 is 0 Å². The fourth-order valence-electron chi connectivity index (χ4n) is 2.28. The second-order valence-electron chi connectivity index (χ2n) is 5.04. The van der Waals surface area contributed by atoms with E-state index >= 15 is 0 Å². The molecule has 0 fully saturated rings. The van der Waals surface area contributed by atoms with Crippen molar-refractivity contribution in [3.8, 4) is 0 Å². The van der Waals surface area contributed by atoms with Crippen LogP contribution in [0.3, 0.4) is 0 Å². The van der Waals surface area contributed by atoms with Gasteiger partial charge in [0, 0.05) is 42.8 Å². The average Bonchev–Trinajstić information content (AvgIpc) is 2.55. The van der Waals surface area contributed by atoms with Gasteiger partial charge in [0.1, 0.15) is 0 Å². The van der Waals surface area contributed by atoms with Crippen LogP contribution in [0.4, 0.5) is 5.69 Å². The second-order valence-corrected chi connectivity index (χ2v) is 7.19. The third-order valence-corrected chi connectivity index (χ3v) is 4.73. The van der Waals surface area contributed by atoms with Crippen LogP contribution in [0.25, 0.3) is 21.8 Å². The van der Waals surface area contributed by atoms with Crippen molar-refractivity contribution in [1.82, 2.24) is 9.97 Å². The standard InChI is InChI=1S/C9H5BrClN.C9H7BrN2/c2*10-8-5-7(11)4-6-2-1-3-12-9(6)8/h1-5H;1-5H,11H2. The minimum Gasteiger partial charge on any atom is -0.399 e. The summed E-state index contributed by atoms with van der Waals surface area (Å²) in [5.41, 5.74) is 8.32. The Morgan fingerprint density at radius 2 is 1.33 bits per heavy atom. The van der Waals surface area contributed by atoms with Gasteiger partial charge in [-0.3, -0.25) is 9.97 Å². The zero-order valence-corrected chi connectivity index (χ0v) is 16.3. The third kappa shape index (κ3) is 3.86. The first-order chi connectivity index (χ1) is 11.5. The molecule has 0 amide bonds. The van der Waals surface area contributed by atoms with Crippen LogP contribution in [-0.4, -0.2) is 9.97 Å². The van der Waals surface area contributed by atoms with E-state index in [9.17, 15) is 0 Å². The normalized spacial score (nSPS) is 10.5. The second kappa shape index (κ2) is 7.47. The van der Waals surface area contributed by atoms with E-state index < -0.39 is 0 Å². The number of nitrogens with zero attached hydrogens (tertiary/aromatic N) is 2. The maximum absolute atomic E-state index is 5.87. The molecule has 4 aromatic rings. The van der Waals surface area contributed by atoms with Gasteiger partial charge in [-0.25, -0.2) is 0 Å². The summed E-state index contributed by atoms with van der Waals surface area (Å²) in [7, 11) is 0. The van der Waals surface area contributed by atoms with E-state index in [2.05, 4.69) is 41.8 Å². The largest absolute Gasteiger partial charge is 0.399 e. The number of fused-ring (bicyclic) bond motifs is 2. The average molecular weight is 466 g/mol. The van der Waals surface area contributed by atoms with Crippen LogP contribution in [0.5, 0.6) is 0 Å². The Labute approximate surface area is 161 Å². The van der Waals surface area contributed by atoms with Gasteiger partial charge in [0.25, 0.3) is 0 Å². The van der Waals surface area contributed by atoms with E-state index in [1.807, 2.05) is 48.5 Å². The Hall–Kier alpha value is -1.69. The van der Waals surface area contributed by atoms with E-state index in [1.165, 1.54) is 0 Å². The van der Waals surface area contributed by atoms with Crippen molar-refractivity contribution in [2.75, 3.05) is 5.73 Å². The predicted molar refractivity (Wildman–Crippen MR) is 108 cm³/mol. The highest BCUT2D eigenvalue weighted by Crippen LogP contribution is 2.26. The Morgan fingerprint density at radius 3 is 1.96 bits per heavy atom. The SMILES string of the molecule is Clc1cc(Br)c2ncccc2c1.Nc1cc(Br)c2ncccc2c1. The van der Waals surface area contributed by atoms with Crippen molar-refractivity contribution >= 4 is 71.0 Å². The molecule has 120 valence electrons. The molecule has 0 atom stereocenters. The van der Waals surface area contributed by atoms with Gasteiger partial charge in [0.15, 0.2) is 0 Å². The Morgan fingerprint density at radius 1 is 0.792 bits per heavy atom. The van der Waals surface area contributed by atoms with Gasteiger partial charge in [-0.05, 0) is 68.3 Å². The molecule has 4 rings (SSSR count). The topological polar surface area (TPSA) is 51.8 Å². The van der Waals surface area contributed by atoms with Crippen molar-refractivity contribution in [3.05, 3.63) is 74.9 Å². The van der Waals surface area contributed by atoms with Crippen LogP contribution in [0.2, 0.25) is 5.02 Å². The summed E-state index contributed by atoms with van der Waals surface area (Å²) < 4.78 is 1.88. The number of rotatable bonds is 0. The number of benzene rings is 2. The monoisotopic (exact) mass is 463 g/mol. The smallest absolute Gasteiger partial charge is 0.0845 e. The number of aromatic nitrogens is 2. The highest BCUT2D eigenvalue weighted by Gasteiger charge is 2.00. The third-order valence-electron chi connectivity index (χ3n) is 3.30. The van der Waals surface area contributed by atoms with E-state index in [1.54, 1.807) is 12.4 Å². The van der Waals surface area contributed by atoms with Gasteiger partial charge in [-0.15, -0.1) is 0 Å². The summed E-state index contributed by atoms with van der Waals surface area (Å²) in [6.45, 7) is 0. The fourth-order valence-corrected chi connectivity index (χ4v) is 3.82. The summed E-state index contributed by atoms with van der Waals surface area (Å²) in [5, 5.41) is 2.84. The van der Waals surface area contributed by atoms with Gasteiger partial charge in [0.05, 0.1) is 11.0 Å². The highest BCUT2D eigenvalue weighted by atomic mass is 79.9. The minimum absolute atomic E-state index is 0.724. The quantitative estimate of drug-likeness (QED) is 0.313. The van der Waals surface area contributed by atoms with Crippen molar-refractivity contribution in [3.63, 3.8) is 0 Å². The Bertz CT molecular complexity index is 938. The summed E-state index contributed by atoms with van der Waals surface area (Å²) >= 11 is 12.7. The van der Waals surface area contributed by atoms with Gasteiger partial charge >= 0.3 is 0 Å². The molecule has 0 saturated heterocycles. The first-order valence-electron chi connectivity index (χ1n) is 7.04. The maximum Gasteiger partial charge on any atom is 0.0845 e. The molecule has 0 aliphatic rings.